The average molecular weight is 520 g/mol. The van der Waals surface area contributed by atoms with E-state index in [0.29, 0.717) is 36.0 Å². The number of halogens is 1. The zero-order valence-electron chi connectivity index (χ0n) is 19.2. The van der Waals surface area contributed by atoms with E-state index in [1.54, 1.807) is 14.0 Å². The van der Waals surface area contributed by atoms with E-state index >= 15 is 0 Å². The molecule has 3 aromatic rings. The van der Waals surface area contributed by atoms with Crippen molar-refractivity contribution in [1.82, 2.24) is 18.7 Å². The fourth-order valence-corrected chi connectivity index (χ4v) is 5.14. The zero-order chi connectivity index (χ0) is 23.7. The number of aliphatic hydroxyl groups excluding tert-OH is 1. The fraction of sp³-hybridized carbons (Fsp3) is 0.522. The van der Waals surface area contributed by atoms with Gasteiger partial charge in [0.25, 0.3) is 5.56 Å². The molecule has 0 bridgehead atoms. The van der Waals surface area contributed by atoms with Gasteiger partial charge >= 0.3 is 5.69 Å². The van der Waals surface area contributed by atoms with Gasteiger partial charge in [0, 0.05) is 13.1 Å². The molecule has 2 atom stereocenters. The summed E-state index contributed by atoms with van der Waals surface area (Å²) in [6.07, 6.45) is 3.07. The highest BCUT2D eigenvalue weighted by atomic mass is 79.9. The number of fused-ring (bicyclic) bond motifs is 1. The maximum atomic E-state index is 13.4. The first-order chi connectivity index (χ1) is 15.9. The largest absolute Gasteiger partial charge is 0.496 e. The van der Waals surface area contributed by atoms with Gasteiger partial charge in [-0.2, -0.15) is 4.98 Å². The van der Waals surface area contributed by atoms with Gasteiger partial charge < -0.3 is 15.2 Å². The van der Waals surface area contributed by atoms with Crippen LogP contribution in [-0.2, 0) is 19.6 Å². The lowest BCUT2D eigenvalue weighted by atomic mass is 9.93. The summed E-state index contributed by atoms with van der Waals surface area (Å²) in [6.45, 7) is 4.69. The van der Waals surface area contributed by atoms with Crippen LogP contribution in [-0.4, -0.2) is 43.0 Å². The highest BCUT2D eigenvalue weighted by Gasteiger charge is 2.27. The van der Waals surface area contributed by atoms with E-state index in [0.717, 1.165) is 35.7 Å². The van der Waals surface area contributed by atoms with Crippen LogP contribution in [0.2, 0.25) is 0 Å². The molecule has 2 heterocycles. The number of methoxy groups -OCH3 is 1. The maximum absolute atomic E-state index is 13.4. The van der Waals surface area contributed by atoms with E-state index in [-0.39, 0.29) is 23.8 Å². The molecule has 0 amide bonds. The van der Waals surface area contributed by atoms with Crippen molar-refractivity contribution < 1.29 is 9.84 Å². The Morgan fingerprint density at radius 1 is 1.15 bits per heavy atom. The molecule has 2 N–H and O–H groups in total. The van der Waals surface area contributed by atoms with Crippen molar-refractivity contribution in [2.45, 2.75) is 71.3 Å². The van der Waals surface area contributed by atoms with Crippen LogP contribution in [0.15, 0.2) is 32.3 Å². The van der Waals surface area contributed by atoms with Crippen molar-refractivity contribution in [2.75, 3.05) is 12.4 Å². The summed E-state index contributed by atoms with van der Waals surface area (Å²) in [5.41, 5.74) is 0.944. The normalized spacial score (nSPS) is 18.6. The van der Waals surface area contributed by atoms with Crippen molar-refractivity contribution in [2.24, 2.45) is 0 Å². The molecule has 0 radical (unpaired) electrons. The minimum absolute atomic E-state index is 0.160. The van der Waals surface area contributed by atoms with Crippen molar-refractivity contribution in [3.63, 3.8) is 0 Å². The molecule has 1 aliphatic rings. The van der Waals surface area contributed by atoms with E-state index in [4.69, 9.17) is 9.72 Å². The molecule has 1 fully saturated rings. The van der Waals surface area contributed by atoms with E-state index < -0.39 is 6.10 Å². The number of ether oxygens (including phenoxy) is 1. The Bertz CT molecular complexity index is 1280. The molecule has 178 valence electrons. The SMILES string of the molecule is CCn1c(=O)c2c(nc(N[C@@H]3CCCC[C@@H]3O)n2Cc2ccc(OC)c(Br)c2)n(CC)c1=O. The minimum atomic E-state index is -0.484. The molecule has 1 saturated carbocycles. The summed E-state index contributed by atoms with van der Waals surface area (Å²) in [5.74, 6) is 1.20. The second-order valence-electron chi connectivity index (χ2n) is 8.34. The molecule has 2 aromatic heterocycles. The predicted octanol–water partition coefficient (Wildman–Crippen LogP) is 2.93. The Kier molecular flexibility index (Phi) is 6.94. The number of hydrogen-bond acceptors (Lipinski definition) is 6. The van der Waals surface area contributed by atoms with Gasteiger partial charge in [0.05, 0.1) is 30.3 Å². The van der Waals surface area contributed by atoms with Crippen LogP contribution in [0, 0.1) is 0 Å². The van der Waals surface area contributed by atoms with Gasteiger partial charge in [-0.1, -0.05) is 18.9 Å². The molecular weight excluding hydrogens is 490 g/mol. The third-order valence-corrected chi connectivity index (χ3v) is 6.97. The van der Waals surface area contributed by atoms with Gasteiger partial charge in [0.2, 0.25) is 5.95 Å². The second-order valence-corrected chi connectivity index (χ2v) is 9.20. The van der Waals surface area contributed by atoms with Crippen LogP contribution < -0.4 is 21.3 Å². The van der Waals surface area contributed by atoms with Gasteiger partial charge in [-0.25, -0.2) is 4.79 Å². The lowest BCUT2D eigenvalue weighted by Crippen LogP contribution is -2.40. The van der Waals surface area contributed by atoms with Gasteiger partial charge in [0.15, 0.2) is 11.2 Å². The number of hydrogen-bond donors (Lipinski definition) is 2. The van der Waals surface area contributed by atoms with Crippen LogP contribution in [0.25, 0.3) is 11.2 Å². The number of rotatable bonds is 7. The van der Waals surface area contributed by atoms with Crippen LogP contribution in [0.5, 0.6) is 5.75 Å². The Morgan fingerprint density at radius 2 is 1.88 bits per heavy atom. The number of anilines is 1. The molecular formula is C23H30BrN5O4. The lowest BCUT2D eigenvalue weighted by molar-refractivity contribution is 0.116. The summed E-state index contributed by atoms with van der Waals surface area (Å²) in [7, 11) is 1.61. The number of nitrogens with one attached hydrogen (secondary N) is 1. The quantitative estimate of drug-likeness (QED) is 0.497. The number of aliphatic hydroxyl groups is 1. The van der Waals surface area contributed by atoms with Crippen molar-refractivity contribution in [3.8, 4) is 5.75 Å². The van der Waals surface area contributed by atoms with Gasteiger partial charge in [0.1, 0.15) is 5.75 Å². The molecule has 10 heteroatoms. The van der Waals surface area contributed by atoms with E-state index in [1.165, 1.54) is 9.13 Å². The number of aromatic nitrogens is 4. The fourth-order valence-electron chi connectivity index (χ4n) is 4.55. The van der Waals surface area contributed by atoms with Crippen LogP contribution in [0.3, 0.4) is 0 Å². The Labute approximate surface area is 200 Å². The van der Waals surface area contributed by atoms with Crippen LogP contribution in [0.4, 0.5) is 5.95 Å². The summed E-state index contributed by atoms with van der Waals surface area (Å²) in [4.78, 5) is 31.0. The first-order valence-corrected chi connectivity index (χ1v) is 12.2. The van der Waals surface area contributed by atoms with Gasteiger partial charge in [-0.3, -0.25) is 18.5 Å². The summed E-state index contributed by atoms with van der Waals surface area (Å²) in [6, 6.07) is 5.58. The molecule has 0 saturated heterocycles. The van der Waals surface area contributed by atoms with Crippen molar-refractivity contribution in [1.29, 1.82) is 0 Å². The molecule has 4 rings (SSSR count). The highest BCUT2D eigenvalue weighted by molar-refractivity contribution is 9.10. The van der Waals surface area contributed by atoms with E-state index in [9.17, 15) is 14.7 Å². The van der Waals surface area contributed by atoms with Gasteiger partial charge in [-0.05, 0) is 60.3 Å². The number of nitrogens with zero attached hydrogens (tertiary/aromatic N) is 4. The molecule has 9 nitrogen and oxygen atoms in total. The first kappa shape index (κ1) is 23.6. The number of benzene rings is 1. The molecule has 1 aliphatic carbocycles. The van der Waals surface area contributed by atoms with Crippen molar-refractivity contribution in [3.05, 3.63) is 49.1 Å². The average Bonchev–Trinajstić information content (AvgIpc) is 3.14. The molecule has 0 unspecified atom stereocenters. The van der Waals surface area contributed by atoms with Crippen molar-refractivity contribution >= 4 is 33.0 Å². The minimum Gasteiger partial charge on any atom is -0.496 e. The monoisotopic (exact) mass is 519 g/mol. The third kappa shape index (κ3) is 4.33. The van der Waals surface area contributed by atoms with Gasteiger partial charge in [-0.15, -0.1) is 0 Å². The summed E-state index contributed by atoms with van der Waals surface area (Å²) < 4.78 is 10.7. The summed E-state index contributed by atoms with van der Waals surface area (Å²) in [5, 5.41) is 13.9. The first-order valence-electron chi connectivity index (χ1n) is 11.4. The molecule has 0 spiro atoms. The molecule has 1 aromatic carbocycles. The lowest BCUT2D eigenvalue weighted by Gasteiger charge is -2.28. The smallest absolute Gasteiger partial charge is 0.332 e. The topological polar surface area (TPSA) is 103 Å². The Balaban J connectivity index is 1.91. The molecule has 33 heavy (non-hydrogen) atoms. The van der Waals surface area contributed by atoms with Crippen LogP contribution >= 0.6 is 15.9 Å². The second kappa shape index (κ2) is 9.72. The van der Waals surface area contributed by atoms with E-state index in [2.05, 4.69) is 21.2 Å². The third-order valence-electron chi connectivity index (χ3n) is 6.35. The molecule has 0 aliphatic heterocycles. The van der Waals surface area contributed by atoms with E-state index in [1.807, 2.05) is 29.7 Å². The highest BCUT2D eigenvalue weighted by Crippen LogP contribution is 2.28. The number of aryl methyl sites for hydroxylation is 1. The Morgan fingerprint density at radius 3 is 2.52 bits per heavy atom. The predicted molar refractivity (Wildman–Crippen MR) is 131 cm³/mol. The summed E-state index contributed by atoms with van der Waals surface area (Å²) >= 11 is 3.53. The maximum Gasteiger partial charge on any atom is 0.332 e. The van der Waals surface area contributed by atoms with Crippen LogP contribution in [0.1, 0.15) is 45.1 Å². The standard InChI is InChI=1S/C23H30BrN5O4/c1-4-27-20-19(21(31)28(5-2)23(27)32)29(13-14-10-11-18(33-3)15(24)12-14)22(26-20)25-16-8-6-7-9-17(16)30/h10-12,16-17,30H,4-9,13H2,1-3H3,(H,25,26)/t16-,17+/m1/s1. The zero-order valence-corrected chi connectivity index (χ0v) is 20.8. The Hall–Kier alpha value is -2.59. The number of imidazole rings is 1.